The van der Waals surface area contributed by atoms with Crippen LogP contribution in [0.5, 0.6) is 0 Å². The highest BCUT2D eigenvalue weighted by atomic mass is 127. The van der Waals surface area contributed by atoms with Gasteiger partial charge in [0, 0.05) is 3.57 Å². The first-order valence-electron chi connectivity index (χ1n) is 4.33. The first-order chi connectivity index (χ1) is 6.63. The molecule has 0 heterocycles. The maximum absolute atomic E-state index is 12.4. The molecule has 1 unspecified atom stereocenters. The summed E-state index contributed by atoms with van der Waals surface area (Å²) in [5, 5.41) is 2.61. The SMILES string of the molecule is CNC(Cc1ccc(I)cc1)C(F)F. The normalized spacial score (nSPS) is 13.2. The van der Waals surface area contributed by atoms with E-state index in [9.17, 15) is 8.78 Å². The smallest absolute Gasteiger partial charge is 0.254 e. The summed E-state index contributed by atoms with van der Waals surface area (Å²) in [4.78, 5) is 0. The molecule has 1 N–H and O–H groups in total. The molecule has 0 spiro atoms. The number of halogens is 3. The van der Waals surface area contributed by atoms with Gasteiger partial charge in [-0.25, -0.2) is 8.78 Å². The van der Waals surface area contributed by atoms with Crippen molar-refractivity contribution in [3.8, 4) is 0 Å². The molecule has 0 aliphatic heterocycles. The summed E-state index contributed by atoms with van der Waals surface area (Å²) < 4.78 is 25.9. The molecule has 1 rings (SSSR count). The van der Waals surface area contributed by atoms with Crippen LogP contribution in [0, 0.1) is 3.57 Å². The number of hydrogen-bond acceptors (Lipinski definition) is 1. The summed E-state index contributed by atoms with van der Waals surface area (Å²) in [6, 6.07) is 6.86. The van der Waals surface area contributed by atoms with Crippen LogP contribution in [0.25, 0.3) is 0 Å². The van der Waals surface area contributed by atoms with Crippen LogP contribution in [0.1, 0.15) is 5.56 Å². The quantitative estimate of drug-likeness (QED) is 0.843. The fraction of sp³-hybridized carbons (Fsp3) is 0.400. The van der Waals surface area contributed by atoms with Gasteiger partial charge >= 0.3 is 0 Å². The molecule has 0 aliphatic rings. The third-order valence-corrected chi connectivity index (χ3v) is 2.76. The van der Waals surface area contributed by atoms with Crippen LogP contribution in [0.3, 0.4) is 0 Å². The van der Waals surface area contributed by atoms with E-state index in [0.29, 0.717) is 6.42 Å². The average molecular weight is 311 g/mol. The van der Waals surface area contributed by atoms with Gasteiger partial charge < -0.3 is 5.32 Å². The van der Waals surface area contributed by atoms with Gasteiger partial charge in [0.2, 0.25) is 0 Å². The molecule has 1 aromatic carbocycles. The monoisotopic (exact) mass is 311 g/mol. The molecule has 4 heteroatoms. The summed E-state index contributed by atoms with van der Waals surface area (Å²) in [5.74, 6) is 0. The van der Waals surface area contributed by atoms with Crippen LogP contribution in [0.15, 0.2) is 24.3 Å². The van der Waals surface area contributed by atoms with Crippen LogP contribution < -0.4 is 5.32 Å². The van der Waals surface area contributed by atoms with Crippen molar-refractivity contribution < 1.29 is 8.78 Å². The molecule has 0 amide bonds. The van der Waals surface area contributed by atoms with Crippen molar-refractivity contribution in [3.63, 3.8) is 0 Å². The Balaban J connectivity index is 2.63. The third kappa shape index (κ3) is 3.49. The molecule has 14 heavy (non-hydrogen) atoms. The van der Waals surface area contributed by atoms with Gasteiger partial charge in [-0.2, -0.15) is 0 Å². The second-order valence-electron chi connectivity index (χ2n) is 3.06. The van der Waals surface area contributed by atoms with Crippen molar-refractivity contribution in [3.05, 3.63) is 33.4 Å². The highest BCUT2D eigenvalue weighted by molar-refractivity contribution is 14.1. The van der Waals surface area contributed by atoms with E-state index < -0.39 is 12.5 Å². The maximum atomic E-state index is 12.4. The highest BCUT2D eigenvalue weighted by Crippen LogP contribution is 2.11. The molecule has 0 bridgehead atoms. The fourth-order valence-electron chi connectivity index (χ4n) is 1.19. The minimum Gasteiger partial charge on any atom is -0.312 e. The van der Waals surface area contributed by atoms with Crippen LogP contribution in [-0.2, 0) is 6.42 Å². The van der Waals surface area contributed by atoms with Crippen LogP contribution in [-0.4, -0.2) is 19.5 Å². The number of rotatable bonds is 4. The molecule has 1 nitrogen and oxygen atoms in total. The lowest BCUT2D eigenvalue weighted by molar-refractivity contribution is 0.102. The Bertz CT molecular complexity index is 274. The summed E-state index contributed by atoms with van der Waals surface area (Å²) >= 11 is 2.19. The van der Waals surface area contributed by atoms with Crippen molar-refractivity contribution >= 4 is 22.6 Å². The maximum Gasteiger partial charge on any atom is 0.254 e. The Kier molecular flexibility index (Phi) is 4.74. The molecule has 78 valence electrons. The van der Waals surface area contributed by atoms with E-state index in [1.54, 1.807) is 7.05 Å². The summed E-state index contributed by atoms with van der Waals surface area (Å²) in [6.45, 7) is 0. The van der Waals surface area contributed by atoms with Gasteiger partial charge in [0.15, 0.2) is 0 Å². The predicted octanol–water partition coefficient (Wildman–Crippen LogP) is 2.69. The lowest BCUT2D eigenvalue weighted by atomic mass is 10.1. The standard InChI is InChI=1S/C10H12F2IN/c1-14-9(10(11)12)6-7-2-4-8(13)5-3-7/h2-5,9-10,14H,6H2,1H3. The van der Waals surface area contributed by atoms with Gasteiger partial charge in [-0.15, -0.1) is 0 Å². The molecular formula is C10H12F2IN. The van der Waals surface area contributed by atoms with Crippen LogP contribution in [0.2, 0.25) is 0 Å². The summed E-state index contributed by atoms with van der Waals surface area (Å²) in [7, 11) is 1.56. The first-order valence-corrected chi connectivity index (χ1v) is 5.41. The minimum absolute atomic E-state index is 0.366. The number of nitrogens with one attached hydrogen (secondary N) is 1. The molecule has 1 aromatic rings. The van der Waals surface area contributed by atoms with E-state index >= 15 is 0 Å². The van der Waals surface area contributed by atoms with Gasteiger partial charge in [0.05, 0.1) is 6.04 Å². The molecule has 0 aromatic heterocycles. The van der Waals surface area contributed by atoms with E-state index in [1.807, 2.05) is 24.3 Å². The van der Waals surface area contributed by atoms with Crippen molar-refractivity contribution in [2.75, 3.05) is 7.05 Å². The number of likely N-dealkylation sites (N-methyl/N-ethyl adjacent to an activating group) is 1. The van der Waals surface area contributed by atoms with Crippen molar-refractivity contribution in [2.45, 2.75) is 18.9 Å². The Morgan fingerprint density at radius 3 is 2.29 bits per heavy atom. The highest BCUT2D eigenvalue weighted by Gasteiger charge is 2.17. The predicted molar refractivity (Wildman–Crippen MR) is 61.7 cm³/mol. The summed E-state index contributed by atoms with van der Waals surface area (Å²) in [6.07, 6.45) is -1.95. The molecular weight excluding hydrogens is 299 g/mol. The lowest BCUT2D eigenvalue weighted by Gasteiger charge is -2.14. The van der Waals surface area contributed by atoms with Crippen LogP contribution in [0.4, 0.5) is 8.78 Å². The van der Waals surface area contributed by atoms with Gasteiger partial charge in [-0.1, -0.05) is 12.1 Å². The molecule has 0 saturated heterocycles. The summed E-state index contributed by atoms with van der Waals surface area (Å²) in [5.41, 5.74) is 0.935. The first kappa shape index (κ1) is 11.8. The van der Waals surface area contributed by atoms with Gasteiger partial charge in [-0.05, 0) is 53.8 Å². The van der Waals surface area contributed by atoms with Crippen molar-refractivity contribution in [1.82, 2.24) is 5.32 Å². The third-order valence-electron chi connectivity index (χ3n) is 2.04. The van der Waals surface area contributed by atoms with E-state index in [0.717, 1.165) is 9.13 Å². The van der Waals surface area contributed by atoms with Crippen LogP contribution >= 0.6 is 22.6 Å². The molecule has 0 aliphatic carbocycles. The van der Waals surface area contributed by atoms with E-state index in [2.05, 4.69) is 27.9 Å². The largest absolute Gasteiger partial charge is 0.312 e. The van der Waals surface area contributed by atoms with E-state index in [1.165, 1.54) is 0 Å². The topological polar surface area (TPSA) is 12.0 Å². The fourth-order valence-corrected chi connectivity index (χ4v) is 1.55. The number of hydrogen-bond donors (Lipinski definition) is 1. The zero-order valence-corrected chi connectivity index (χ0v) is 9.96. The molecule has 0 saturated carbocycles. The molecule has 1 atom stereocenters. The Labute approximate surface area is 96.0 Å². The van der Waals surface area contributed by atoms with Gasteiger partial charge in [0.1, 0.15) is 0 Å². The van der Waals surface area contributed by atoms with Crippen molar-refractivity contribution in [1.29, 1.82) is 0 Å². The Morgan fingerprint density at radius 1 is 1.29 bits per heavy atom. The zero-order chi connectivity index (χ0) is 10.6. The average Bonchev–Trinajstić information content (AvgIpc) is 2.16. The zero-order valence-electron chi connectivity index (χ0n) is 7.81. The second kappa shape index (κ2) is 5.60. The molecule has 0 radical (unpaired) electrons. The Hall–Kier alpha value is -0.230. The van der Waals surface area contributed by atoms with Gasteiger partial charge in [0.25, 0.3) is 6.43 Å². The van der Waals surface area contributed by atoms with Crippen molar-refractivity contribution in [2.24, 2.45) is 0 Å². The number of benzene rings is 1. The second-order valence-corrected chi connectivity index (χ2v) is 4.31. The molecule has 0 fully saturated rings. The van der Waals surface area contributed by atoms with E-state index in [-0.39, 0.29) is 0 Å². The van der Waals surface area contributed by atoms with E-state index in [4.69, 9.17) is 0 Å². The van der Waals surface area contributed by atoms with Gasteiger partial charge in [-0.3, -0.25) is 0 Å². The lowest BCUT2D eigenvalue weighted by Crippen LogP contribution is -2.34. The number of alkyl halides is 2. The Morgan fingerprint density at radius 2 is 1.86 bits per heavy atom. The minimum atomic E-state index is -2.32.